The van der Waals surface area contributed by atoms with Gasteiger partial charge in [-0.05, 0) is 58.9 Å². The monoisotopic (exact) mass is 580 g/mol. The SMILES string of the molecule is CCCCc1nc(C)n(CCC2=C(C(=O)O)C=CCC2=S)c(=O)c1Cc1ccc(-c2ccccc2-c2nnn[nH]2)cc1. The van der Waals surface area contributed by atoms with Crippen LogP contribution in [0, 0.1) is 6.92 Å². The quantitative estimate of drug-likeness (QED) is 0.225. The number of carboxylic acids is 1. The number of H-pyrrole nitrogens is 1. The Labute approximate surface area is 249 Å². The Bertz CT molecular complexity index is 1740. The van der Waals surface area contributed by atoms with Crippen molar-refractivity contribution in [1.82, 2.24) is 30.2 Å². The third-order valence-corrected chi connectivity index (χ3v) is 7.96. The lowest BCUT2D eigenvalue weighted by Crippen LogP contribution is -2.30. The first kappa shape index (κ1) is 28.9. The van der Waals surface area contributed by atoms with Crippen LogP contribution in [0.5, 0.6) is 0 Å². The topological polar surface area (TPSA) is 127 Å². The Morgan fingerprint density at radius 1 is 1.10 bits per heavy atom. The van der Waals surface area contributed by atoms with Crippen LogP contribution in [0.2, 0.25) is 0 Å². The molecule has 0 atom stereocenters. The number of carboxylic acid groups (broad SMARTS) is 1. The number of allylic oxidation sites excluding steroid dienone is 2. The van der Waals surface area contributed by atoms with Gasteiger partial charge in [0, 0.05) is 35.4 Å². The zero-order valence-electron chi connectivity index (χ0n) is 23.6. The Hall–Kier alpha value is -4.57. The van der Waals surface area contributed by atoms with Gasteiger partial charge in [-0.15, -0.1) is 5.10 Å². The van der Waals surface area contributed by atoms with E-state index in [1.165, 1.54) is 0 Å². The van der Waals surface area contributed by atoms with Gasteiger partial charge in [0.2, 0.25) is 0 Å². The number of benzene rings is 2. The summed E-state index contributed by atoms with van der Waals surface area (Å²) in [6.45, 7) is 4.27. The minimum absolute atomic E-state index is 0.0874. The number of hydrogen-bond donors (Lipinski definition) is 2. The molecule has 0 unspecified atom stereocenters. The van der Waals surface area contributed by atoms with Crippen LogP contribution < -0.4 is 5.56 Å². The summed E-state index contributed by atoms with van der Waals surface area (Å²) in [5.41, 5.74) is 6.13. The second-order valence-corrected chi connectivity index (χ2v) is 10.8. The van der Waals surface area contributed by atoms with E-state index in [0.29, 0.717) is 53.5 Å². The van der Waals surface area contributed by atoms with Gasteiger partial charge in [0.25, 0.3) is 5.56 Å². The molecule has 0 amide bonds. The summed E-state index contributed by atoms with van der Waals surface area (Å²) < 4.78 is 1.66. The molecule has 0 saturated heterocycles. The Morgan fingerprint density at radius 2 is 1.86 bits per heavy atom. The zero-order chi connectivity index (χ0) is 29.6. The highest BCUT2D eigenvalue weighted by Gasteiger charge is 2.21. The van der Waals surface area contributed by atoms with Gasteiger partial charge in [0.15, 0.2) is 5.82 Å². The summed E-state index contributed by atoms with van der Waals surface area (Å²) in [6, 6.07) is 16.1. The molecule has 9 nitrogen and oxygen atoms in total. The normalized spacial score (nSPS) is 13.1. The van der Waals surface area contributed by atoms with Gasteiger partial charge in [-0.2, -0.15) is 0 Å². The number of aliphatic carboxylic acids is 1. The van der Waals surface area contributed by atoms with Gasteiger partial charge < -0.3 is 5.11 Å². The van der Waals surface area contributed by atoms with Crippen LogP contribution >= 0.6 is 12.2 Å². The molecule has 0 saturated carbocycles. The van der Waals surface area contributed by atoms with Crippen molar-refractivity contribution in [2.75, 3.05) is 0 Å². The Kier molecular flexibility index (Phi) is 8.92. The first-order valence-electron chi connectivity index (χ1n) is 14.0. The second kappa shape index (κ2) is 12.9. The predicted molar refractivity (Wildman–Crippen MR) is 165 cm³/mol. The third kappa shape index (κ3) is 6.18. The van der Waals surface area contributed by atoms with Gasteiger partial charge >= 0.3 is 5.97 Å². The van der Waals surface area contributed by atoms with E-state index in [9.17, 15) is 14.7 Å². The molecule has 10 heteroatoms. The predicted octanol–water partition coefficient (Wildman–Crippen LogP) is 5.43. The van der Waals surface area contributed by atoms with Crippen molar-refractivity contribution in [1.29, 1.82) is 0 Å². The summed E-state index contributed by atoms with van der Waals surface area (Å²) in [4.78, 5) is 31.2. The summed E-state index contributed by atoms with van der Waals surface area (Å²) in [5, 5.41) is 24.0. The minimum Gasteiger partial charge on any atom is -0.478 e. The standard InChI is InChI=1S/C32H32N6O3S/c1-3-4-11-28-27(31(39)38(20(2)33-28)18-17-24-26(32(40)41)10-7-12-29(24)42)19-21-13-15-22(16-14-21)23-8-5-6-9-25(23)30-34-36-37-35-30/h5-10,13-16H,3-4,11-12,17-19H2,1-2H3,(H,40,41)(H,34,35,36,37). The number of rotatable bonds is 11. The number of thiocarbonyl (C=S) groups is 1. The van der Waals surface area contributed by atoms with E-state index >= 15 is 0 Å². The van der Waals surface area contributed by atoms with E-state index < -0.39 is 5.97 Å². The molecule has 214 valence electrons. The fourth-order valence-electron chi connectivity index (χ4n) is 5.33. The van der Waals surface area contributed by atoms with E-state index in [1.807, 2.05) is 55.5 Å². The van der Waals surface area contributed by atoms with Crippen LogP contribution in [0.1, 0.15) is 55.3 Å². The van der Waals surface area contributed by atoms with Gasteiger partial charge in [0.1, 0.15) is 5.82 Å². The smallest absolute Gasteiger partial charge is 0.335 e. The van der Waals surface area contributed by atoms with Crippen LogP contribution in [-0.2, 0) is 24.2 Å². The number of hydrogen-bond acceptors (Lipinski definition) is 7. The molecule has 1 aliphatic rings. The molecular formula is C32H32N6O3S. The van der Waals surface area contributed by atoms with Gasteiger partial charge in [0.05, 0.1) is 11.3 Å². The number of nitrogens with zero attached hydrogens (tertiary/aromatic N) is 5. The highest BCUT2D eigenvalue weighted by atomic mass is 32.1. The molecule has 4 aromatic rings. The zero-order valence-corrected chi connectivity index (χ0v) is 24.4. The van der Waals surface area contributed by atoms with Crippen LogP contribution in [0.4, 0.5) is 0 Å². The summed E-state index contributed by atoms with van der Waals surface area (Å²) in [5.74, 6) is 0.209. The number of aromatic amines is 1. The maximum absolute atomic E-state index is 13.9. The number of unbranched alkanes of at least 4 members (excludes halogenated alkanes) is 1. The van der Waals surface area contributed by atoms with E-state index in [0.717, 1.165) is 47.2 Å². The molecule has 2 N–H and O–H groups in total. The van der Waals surface area contributed by atoms with Gasteiger partial charge in [-0.25, -0.2) is 14.9 Å². The number of aromatic nitrogens is 6. The molecule has 1 aliphatic carbocycles. The first-order chi connectivity index (χ1) is 20.4. The Morgan fingerprint density at radius 3 is 2.55 bits per heavy atom. The van der Waals surface area contributed by atoms with Crippen molar-refractivity contribution >= 4 is 23.1 Å². The van der Waals surface area contributed by atoms with E-state index in [2.05, 4.69) is 27.5 Å². The lowest BCUT2D eigenvalue weighted by molar-refractivity contribution is -0.132. The van der Waals surface area contributed by atoms with Crippen molar-refractivity contribution in [2.24, 2.45) is 0 Å². The molecule has 2 heterocycles. The van der Waals surface area contributed by atoms with Gasteiger partial charge in [-0.3, -0.25) is 9.36 Å². The lowest BCUT2D eigenvalue weighted by atomic mass is 9.94. The van der Waals surface area contributed by atoms with Crippen molar-refractivity contribution < 1.29 is 9.90 Å². The molecule has 42 heavy (non-hydrogen) atoms. The molecule has 0 fully saturated rings. The van der Waals surface area contributed by atoms with Crippen molar-refractivity contribution in [3.8, 4) is 22.5 Å². The van der Waals surface area contributed by atoms with Gasteiger partial charge in [-0.1, -0.05) is 86.2 Å². The highest BCUT2D eigenvalue weighted by molar-refractivity contribution is 7.80. The number of tetrazole rings is 1. The molecule has 5 rings (SSSR count). The Balaban J connectivity index is 1.45. The fourth-order valence-corrected chi connectivity index (χ4v) is 5.63. The van der Waals surface area contributed by atoms with E-state index in [-0.39, 0.29) is 11.1 Å². The summed E-state index contributed by atoms with van der Waals surface area (Å²) in [6.07, 6.45) is 7.36. The van der Waals surface area contributed by atoms with E-state index in [1.54, 1.807) is 16.7 Å². The molecule has 0 radical (unpaired) electrons. The summed E-state index contributed by atoms with van der Waals surface area (Å²) >= 11 is 5.48. The fraction of sp³-hybridized carbons (Fsp3) is 0.281. The number of aryl methyl sites for hydroxylation is 2. The average molecular weight is 581 g/mol. The molecular weight excluding hydrogens is 548 g/mol. The maximum atomic E-state index is 13.9. The average Bonchev–Trinajstić information content (AvgIpc) is 3.53. The maximum Gasteiger partial charge on any atom is 0.335 e. The third-order valence-electron chi connectivity index (χ3n) is 7.54. The van der Waals surface area contributed by atoms with Crippen LogP contribution in [-0.4, -0.2) is 46.1 Å². The molecule has 0 spiro atoms. The second-order valence-electron chi connectivity index (χ2n) is 10.3. The molecule has 0 bridgehead atoms. The molecule has 0 aliphatic heterocycles. The first-order valence-corrected chi connectivity index (χ1v) is 14.5. The van der Waals surface area contributed by atoms with Crippen molar-refractivity contribution in [3.63, 3.8) is 0 Å². The van der Waals surface area contributed by atoms with E-state index in [4.69, 9.17) is 17.2 Å². The lowest BCUT2D eigenvalue weighted by Gasteiger charge is -2.18. The minimum atomic E-state index is -1.01. The van der Waals surface area contributed by atoms with Crippen molar-refractivity contribution in [3.05, 3.63) is 105 Å². The van der Waals surface area contributed by atoms with Crippen LogP contribution in [0.15, 0.2) is 76.6 Å². The number of carbonyl (C=O) groups is 1. The van der Waals surface area contributed by atoms with Crippen LogP contribution in [0.3, 0.4) is 0 Å². The number of nitrogens with one attached hydrogen (secondary N) is 1. The summed E-state index contributed by atoms with van der Waals surface area (Å²) in [7, 11) is 0. The highest BCUT2D eigenvalue weighted by Crippen LogP contribution is 2.30. The molecule has 2 aromatic heterocycles. The largest absolute Gasteiger partial charge is 0.478 e. The van der Waals surface area contributed by atoms with Crippen LogP contribution in [0.25, 0.3) is 22.5 Å². The van der Waals surface area contributed by atoms with Crippen molar-refractivity contribution in [2.45, 2.75) is 58.9 Å². The molecule has 2 aromatic carbocycles.